The summed E-state index contributed by atoms with van der Waals surface area (Å²) in [5.74, 6) is 0. The van der Waals surface area contributed by atoms with Gasteiger partial charge in [0.15, 0.2) is 0 Å². The summed E-state index contributed by atoms with van der Waals surface area (Å²) in [7, 11) is 0. The first-order chi connectivity index (χ1) is 20.6. The highest BCUT2D eigenvalue weighted by Gasteiger charge is 2.13. The quantitative estimate of drug-likeness (QED) is 0.165. The highest BCUT2D eigenvalue weighted by molar-refractivity contribution is 5.78. The Morgan fingerprint density at radius 1 is 0.619 bits per heavy atom. The summed E-state index contributed by atoms with van der Waals surface area (Å²) in [6, 6.07) is 47.0. The van der Waals surface area contributed by atoms with Gasteiger partial charge in [0.05, 0.1) is 0 Å². The number of aryl methyl sites for hydroxylation is 1. The number of anilines is 7. The highest BCUT2D eigenvalue weighted by Crippen LogP contribution is 2.35. The largest absolute Gasteiger partial charge is 0.356 e. The molecule has 0 aliphatic heterocycles. The summed E-state index contributed by atoms with van der Waals surface area (Å²) in [5.41, 5.74) is 10.3. The molecule has 0 bridgehead atoms. The number of hydrogen-bond donors (Lipinski definition) is 1. The molecule has 5 rings (SSSR count). The lowest BCUT2D eigenvalue weighted by molar-refractivity contribution is 1.09. The Morgan fingerprint density at radius 3 is 1.74 bits per heavy atom. The number of nitrogens with one attached hydrogen (secondary N) is 1. The predicted octanol–water partition coefficient (Wildman–Crippen LogP) is 11.3. The smallest absolute Gasteiger partial charge is 0.0464 e. The van der Waals surface area contributed by atoms with Crippen LogP contribution in [-0.2, 0) is 0 Å². The molecule has 1 N–H and O–H groups in total. The Balaban J connectivity index is 1.34. The van der Waals surface area contributed by atoms with Crippen LogP contribution in [0.4, 0.5) is 39.8 Å². The lowest BCUT2D eigenvalue weighted by Gasteiger charge is -2.26. The first kappa shape index (κ1) is 28.5. The SMILES string of the molecule is CC/C=C\C(C)=C/CN(c1ccccc1)c1ccc(Nc2ccc(N(c3ccccc3)c3cccc(C)c3)cc2)cc1. The van der Waals surface area contributed by atoms with Gasteiger partial charge in [-0.15, -0.1) is 0 Å². The second-order valence-corrected chi connectivity index (χ2v) is 10.4. The summed E-state index contributed by atoms with van der Waals surface area (Å²) in [5, 5.41) is 3.58. The minimum absolute atomic E-state index is 0.803. The van der Waals surface area contributed by atoms with Crippen molar-refractivity contribution >= 4 is 39.8 Å². The number of para-hydroxylation sites is 2. The molecule has 3 heteroatoms. The zero-order chi connectivity index (χ0) is 29.1. The van der Waals surface area contributed by atoms with Crippen molar-refractivity contribution in [1.82, 2.24) is 0 Å². The van der Waals surface area contributed by atoms with Gasteiger partial charge >= 0.3 is 0 Å². The molecule has 0 saturated carbocycles. The van der Waals surface area contributed by atoms with Gasteiger partial charge in [-0.3, -0.25) is 0 Å². The van der Waals surface area contributed by atoms with Gasteiger partial charge < -0.3 is 15.1 Å². The van der Waals surface area contributed by atoms with E-state index in [4.69, 9.17) is 0 Å². The number of benzene rings is 5. The zero-order valence-corrected chi connectivity index (χ0v) is 24.7. The van der Waals surface area contributed by atoms with E-state index in [0.717, 1.165) is 47.1 Å². The van der Waals surface area contributed by atoms with Gasteiger partial charge in [-0.05, 0) is 111 Å². The van der Waals surface area contributed by atoms with Crippen LogP contribution in [0.15, 0.2) is 157 Å². The second kappa shape index (κ2) is 14.0. The molecule has 0 amide bonds. The maximum absolute atomic E-state index is 3.58. The lowest BCUT2D eigenvalue weighted by Crippen LogP contribution is -2.17. The van der Waals surface area contributed by atoms with Gasteiger partial charge in [-0.1, -0.05) is 79.3 Å². The predicted molar refractivity (Wildman–Crippen MR) is 182 cm³/mol. The van der Waals surface area contributed by atoms with Crippen LogP contribution in [-0.4, -0.2) is 6.54 Å². The number of allylic oxidation sites excluding steroid dienone is 3. The fraction of sp³-hybridized carbons (Fsp3) is 0.128. The van der Waals surface area contributed by atoms with Crippen LogP contribution in [0.2, 0.25) is 0 Å². The van der Waals surface area contributed by atoms with Gasteiger partial charge in [0.1, 0.15) is 0 Å². The fourth-order valence-corrected chi connectivity index (χ4v) is 4.95. The first-order valence-corrected chi connectivity index (χ1v) is 14.7. The van der Waals surface area contributed by atoms with E-state index in [1.165, 1.54) is 16.8 Å². The third-order valence-electron chi connectivity index (χ3n) is 7.15. The topological polar surface area (TPSA) is 18.5 Å². The van der Waals surface area contributed by atoms with Gasteiger partial charge in [0.2, 0.25) is 0 Å². The summed E-state index contributed by atoms with van der Waals surface area (Å²) in [6.45, 7) is 7.26. The summed E-state index contributed by atoms with van der Waals surface area (Å²) in [6.07, 6.45) is 7.72. The summed E-state index contributed by atoms with van der Waals surface area (Å²) >= 11 is 0. The monoisotopic (exact) mass is 549 g/mol. The molecule has 0 unspecified atom stereocenters. The Labute approximate surface area is 251 Å². The van der Waals surface area contributed by atoms with E-state index < -0.39 is 0 Å². The minimum atomic E-state index is 0.803. The third-order valence-corrected chi connectivity index (χ3v) is 7.15. The molecule has 0 fully saturated rings. The molecule has 0 aromatic heterocycles. The van der Waals surface area contributed by atoms with Gasteiger partial charge in [0, 0.05) is 46.4 Å². The Morgan fingerprint density at radius 2 is 1.14 bits per heavy atom. The molecule has 0 heterocycles. The first-order valence-electron chi connectivity index (χ1n) is 14.7. The Kier molecular flexibility index (Phi) is 9.54. The molecule has 0 aliphatic rings. The molecule has 0 aliphatic carbocycles. The van der Waals surface area contributed by atoms with E-state index in [0.29, 0.717) is 0 Å². The van der Waals surface area contributed by atoms with Gasteiger partial charge in [0.25, 0.3) is 0 Å². The van der Waals surface area contributed by atoms with Crippen molar-refractivity contribution in [2.45, 2.75) is 27.2 Å². The van der Waals surface area contributed by atoms with Crippen molar-refractivity contribution < 1.29 is 0 Å². The van der Waals surface area contributed by atoms with Crippen molar-refractivity contribution in [3.05, 3.63) is 163 Å². The minimum Gasteiger partial charge on any atom is -0.356 e. The Bertz CT molecular complexity index is 1600. The molecule has 0 saturated heterocycles. The molecular weight excluding hydrogens is 510 g/mol. The average Bonchev–Trinajstić information content (AvgIpc) is 3.03. The van der Waals surface area contributed by atoms with Crippen molar-refractivity contribution in [3.8, 4) is 0 Å². The van der Waals surface area contributed by atoms with Crippen LogP contribution in [0.5, 0.6) is 0 Å². The lowest BCUT2D eigenvalue weighted by atomic mass is 10.1. The molecule has 5 aromatic carbocycles. The van der Waals surface area contributed by atoms with E-state index in [1.807, 2.05) is 0 Å². The second-order valence-electron chi connectivity index (χ2n) is 10.4. The third kappa shape index (κ3) is 7.38. The van der Waals surface area contributed by atoms with E-state index in [9.17, 15) is 0 Å². The molecule has 42 heavy (non-hydrogen) atoms. The van der Waals surface area contributed by atoms with Crippen LogP contribution in [0.1, 0.15) is 25.8 Å². The maximum Gasteiger partial charge on any atom is 0.0464 e. The van der Waals surface area contributed by atoms with E-state index in [2.05, 4.69) is 188 Å². The van der Waals surface area contributed by atoms with Crippen molar-refractivity contribution in [3.63, 3.8) is 0 Å². The van der Waals surface area contributed by atoms with E-state index in [-0.39, 0.29) is 0 Å². The van der Waals surface area contributed by atoms with Crippen LogP contribution in [0.3, 0.4) is 0 Å². The van der Waals surface area contributed by atoms with Crippen molar-refractivity contribution in [2.24, 2.45) is 0 Å². The highest BCUT2D eigenvalue weighted by atomic mass is 15.1. The number of nitrogens with zero attached hydrogens (tertiary/aromatic N) is 2. The number of hydrogen-bond acceptors (Lipinski definition) is 3. The fourth-order valence-electron chi connectivity index (χ4n) is 4.95. The van der Waals surface area contributed by atoms with E-state index in [1.54, 1.807) is 0 Å². The average molecular weight is 550 g/mol. The standard InChI is InChI=1S/C39H39N3/c1-4-5-13-31(2)28-29-41(35-15-8-6-9-16-35)36-24-20-33(21-25-36)40-34-22-26-38(27-23-34)42(37-17-10-7-11-18-37)39-19-12-14-32(3)30-39/h5-28,30,40H,4,29H2,1-3H3/b13-5-,31-28-. The maximum atomic E-state index is 3.58. The van der Waals surface area contributed by atoms with Crippen LogP contribution in [0.25, 0.3) is 0 Å². The molecule has 0 spiro atoms. The van der Waals surface area contributed by atoms with E-state index >= 15 is 0 Å². The molecule has 3 nitrogen and oxygen atoms in total. The van der Waals surface area contributed by atoms with Gasteiger partial charge in [-0.2, -0.15) is 0 Å². The van der Waals surface area contributed by atoms with Crippen LogP contribution < -0.4 is 15.1 Å². The number of rotatable bonds is 11. The molecule has 0 atom stereocenters. The summed E-state index contributed by atoms with van der Waals surface area (Å²) < 4.78 is 0. The molecular formula is C39H39N3. The summed E-state index contributed by atoms with van der Waals surface area (Å²) in [4.78, 5) is 4.63. The molecule has 5 aromatic rings. The molecule has 0 radical (unpaired) electrons. The van der Waals surface area contributed by atoms with Crippen molar-refractivity contribution in [2.75, 3.05) is 21.7 Å². The van der Waals surface area contributed by atoms with Gasteiger partial charge in [-0.25, -0.2) is 0 Å². The normalized spacial score (nSPS) is 11.5. The van der Waals surface area contributed by atoms with Crippen LogP contribution in [0, 0.1) is 6.92 Å². The van der Waals surface area contributed by atoms with Crippen LogP contribution >= 0.6 is 0 Å². The Hall–Kier alpha value is -5.02. The zero-order valence-electron chi connectivity index (χ0n) is 24.7. The van der Waals surface area contributed by atoms with Crippen molar-refractivity contribution in [1.29, 1.82) is 0 Å². The molecule has 210 valence electrons.